The van der Waals surface area contributed by atoms with Gasteiger partial charge in [0, 0.05) is 11.3 Å². The third kappa shape index (κ3) is 3.27. The number of anilines is 2. The number of carbonyl (C=O) groups excluding carboxylic acids is 1. The number of aryl methyl sites for hydroxylation is 1. The van der Waals surface area contributed by atoms with Crippen molar-refractivity contribution in [3.8, 4) is 5.75 Å². The van der Waals surface area contributed by atoms with E-state index in [2.05, 4.69) is 10.3 Å². The van der Waals surface area contributed by atoms with Crippen molar-refractivity contribution in [2.75, 3.05) is 11.9 Å². The number of ether oxygens (including phenoxy) is 1. The first-order chi connectivity index (χ1) is 11.1. The number of nitrogens with two attached hydrogens (primary N) is 1. The molecule has 0 unspecified atom stereocenters. The lowest BCUT2D eigenvalue weighted by atomic mass is 10.1. The molecular weight excluding hydrogens is 310 g/mol. The number of nitrogens with zero attached hydrogens (tertiary/aromatic N) is 1. The van der Waals surface area contributed by atoms with Gasteiger partial charge in [-0.3, -0.25) is 4.79 Å². The van der Waals surface area contributed by atoms with E-state index in [1.165, 1.54) is 11.3 Å². The van der Waals surface area contributed by atoms with E-state index in [1.54, 1.807) is 12.1 Å². The maximum atomic E-state index is 11.3. The van der Waals surface area contributed by atoms with Gasteiger partial charge in [0.1, 0.15) is 5.75 Å². The Labute approximate surface area is 138 Å². The summed E-state index contributed by atoms with van der Waals surface area (Å²) in [6, 6.07) is 11.2. The molecule has 5 nitrogen and oxygen atoms in total. The molecule has 6 heteroatoms. The minimum absolute atomic E-state index is 0.446. The lowest BCUT2D eigenvalue weighted by Crippen LogP contribution is -2.11. The molecule has 1 heterocycles. The number of thiazole rings is 1. The highest BCUT2D eigenvalue weighted by Crippen LogP contribution is 2.32. The molecular formula is C17H17N3O2S. The van der Waals surface area contributed by atoms with Gasteiger partial charge in [0.05, 0.1) is 16.8 Å². The molecule has 3 aromatic rings. The third-order valence-corrected chi connectivity index (χ3v) is 4.37. The second kappa shape index (κ2) is 6.26. The Balaban J connectivity index is 1.92. The highest BCUT2D eigenvalue weighted by molar-refractivity contribution is 7.22. The van der Waals surface area contributed by atoms with E-state index in [4.69, 9.17) is 10.5 Å². The Morgan fingerprint density at radius 1 is 1.30 bits per heavy atom. The monoisotopic (exact) mass is 327 g/mol. The van der Waals surface area contributed by atoms with Crippen LogP contribution in [0.1, 0.15) is 22.8 Å². The van der Waals surface area contributed by atoms with Gasteiger partial charge in [-0.25, -0.2) is 4.98 Å². The van der Waals surface area contributed by atoms with Crippen molar-refractivity contribution < 1.29 is 9.53 Å². The van der Waals surface area contributed by atoms with Crippen molar-refractivity contribution in [1.82, 2.24) is 4.98 Å². The number of primary amides is 1. The molecule has 0 fully saturated rings. The maximum Gasteiger partial charge on any atom is 0.248 e. The predicted octanol–water partition coefficient (Wildman–Crippen LogP) is 3.85. The van der Waals surface area contributed by atoms with Crippen LogP contribution in [0.2, 0.25) is 0 Å². The number of amides is 1. The van der Waals surface area contributed by atoms with Gasteiger partial charge < -0.3 is 15.8 Å². The SMILES string of the molecule is CCOc1ccc2nc(Nc3cc(C(N)=O)ccc3C)sc2c1. The summed E-state index contributed by atoms with van der Waals surface area (Å²) >= 11 is 1.54. The first-order valence-corrected chi connectivity index (χ1v) is 8.09. The fraction of sp³-hybridized carbons (Fsp3) is 0.176. The summed E-state index contributed by atoms with van der Waals surface area (Å²) in [5, 5.41) is 4.03. The number of hydrogen-bond acceptors (Lipinski definition) is 5. The molecule has 0 spiro atoms. The average Bonchev–Trinajstić information content (AvgIpc) is 2.91. The van der Waals surface area contributed by atoms with Crippen molar-refractivity contribution in [2.24, 2.45) is 5.73 Å². The fourth-order valence-corrected chi connectivity index (χ4v) is 3.15. The van der Waals surface area contributed by atoms with Gasteiger partial charge in [-0.15, -0.1) is 0 Å². The number of rotatable bonds is 5. The fourth-order valence-electron chi connectivity index (χ4n) is 2.24. The molecule has 23 heavy (non-hydrogen) atoms. The summed E-state index contributed by atoms with van der Waals surface area (Å²) in [7, 11) is 0. The Morgan fingerprint density at radius 3 is 2.87 bits per heavy atom. The molecule has 118 valence electrons. The molecule has 0 aliphatic carbocycles. The number of nitrogens with one attached hydrogen (secondary N) is 1. The molecule has 0 saturated heterocycles. The molecule has 3 N–H and O–H groups in total. The van der Waals surface area contributed by atoms with E-state index in [0.717, 1.165) is 32.3 Å². The largest absolute Gasteiger partial charge is 0.494 e. The lowest BCUT2D eigenvalue weighted by molar-refractivity contribution is 0.100. The standard InChI is InChI=1S/C17H17N3O2S/c1-3-22-12-6-7-13-15(9-12)23-17(19-13)20-14-8-11(16(18)21)5-4-10(14)2/h4-9H,3H2,1-2H3,(H2,18,21)(H,19,20). The van der Waals surface area contributed by atoms with Crippen molar-refractivity contribution in [3.05, 3.63) is 47.5 Å². The first kappa shape index (κ1) is 15.3. The van der Waals surface area contributed by atoms with Gasteiger partial charge in [0.15, 0.2) is 5.13 Å². The van der Waals surface area contributed by atoms with E-state index in [0.29, 0.717) is 12.2 Å². The zero-order chi connectivity index (χ0) is 16.4. The van der Waals surface area contributed by atoms with Crippen LogP contribution in [0, 0.1) is 6.92 Å². The quantitative estimate of drug-likeness (QED) is 0.746. The average molecular weight is 327 g/mol. The maximum absolute atomic E-state index is 11.3. The van der Waals surface area contributed by atoms with E-state index in [1.807, 2.05) is 38.1 Å². The van der Waals surface area contributed by atoms with E-state index < -0.39 is 5.91 Å². The highest BCUT2D eigenvalue weighted by Gasteiger charge is 2.09. The van der Waals surface area contributed by atoms with Crippen LogP contribution >= 0.6 is 11.3 Å². The molecule has 2 aromatic carbocycles. The number of aromatic nitrogens is 1. The zero-order valence-corrected chi connectivity index (χ0v) is 13.7. The minimum atomic E-state index is -0.446. The summed E-state index contributed by atoms with van der Waals surface area (Å²) < 4.78 is 6.55. The molecule has 0 aliphatic heterocycles. The van der Waals surface area contributed by atoms with Crippen LogP contribution in [0.5, 0.6) is 5.75 Å². The second-order valence-electron chi connectivity index (χ2n) is 5.10. The highest BCUT2D eigenvalue weighted by atomic mass is 32.1. The molecule has 1 aromatic heterocycles. The van der Waals surface area contributed by atoms with Crippen LogP contribution in [-0.2, 0) is 0 Å². The molecule has 0 aliphatic rings. The first-order valence-electron chi connectivity index (χ1n) is 7.27. The molecule has 0 atom stereocenters. The summed E-state index contributed by atoms with van der Waals surface area (Å²) in [4.78, 5) is 15.9. The van der Waals surface area contributed by atoms with Gasteiger partial charge in [0.2, 0.25) is 5.91 Å². The minimum Gasteiger partial charge on any atom is -0.494 e. The van der Waals surface area contributed by atoms with Gasteiger partial charge in [-0.2, -0.15) is 0 Å². The Morgan fingerprint density at radius 2 is 2.13 bits per heavy atom. The molecule has 0 saturated carbocycles. The van der Waals surface area contributed by atoms with Crippen LogP contribution in [0.25, 0.3) is 10.2 Å². The number of carbonyl (C=O) groups is 1. The van der Waals surface area contributed by atoms with Crippen molar-refractivity contribution in [1.29, 1.82) is 0 Å². The lowest BCUT2D eigenvalue weighted by Gasteiger charge is -2.07. The predicted molar refractivity (Wildman–Crippen MR) is 93.8 cm³/mol. The van der Waals surface area contributed by atoms with E-state index >= 15 is 0 Å². The second-order valence-corrected chi connectivity index (χ2v) is 6.13. The molecule has 1 amide bonds. The van der Waals surface area contributed by atoms with Crippen molar-refractivity contribution in [3.63, 3.8) is 0 Å². The van der Waals surface area contributed by atoms with Crippen molar-refractivity contribution >= 4 is 38.3 Å². The smallest absolute Gasteiger partial charge is 0.248 e. The van der Waals surface area contributed by atoms with Crippen LogP contribution in [0.15, 0.2) is 36.4 Å². The number of benzene rings is 2. The van der Waals surface area contributed by atoms with Crippen LogP contribution in [0.4, 0.5) is 10.8 Å². The van der Waals surface area contributed by atoms with Crippen LogP contribution in [0.3, 0.4) is 0 Å². The summed E-state index contributed by atoms with van der Waals surface area (Å²) in [6.45, 7) is 4.56. The third-order valence-electron chi connectivity index (χ3n) is 3.43. The van der Waals surface area contributed by atoms with Gasteiger partial charge in [-0.05, 0) is 49.7 Å². The molecule has 3 rings (SSSR count). The van der Waals surface area contributed by atoms with Crippen molar-refractivity contribution in [2.45, 2.75) is 13.8 Å². The Kier molecular flexibility index (Phi) is 4.16. The molecule has 0 bridgehead atoms. The van der Waals surface area contributed by atoms with Gasteiger partial charge in [-0.1, -0.05) is 17.4 Å². The van der Waals surface area contributed by atoms with Crippen LogP contribution < -0.4 is 15.8 Å². The Hall–Kier alpha value is -2.60. The number of hydrogen-bond donors (Lipinski definition) is 2. The summed E-state index contributed by atoms with van der Waals surface area (Å²) in [5.74, 6) is 0.390. The van der Waals surface area contributed by atoms with Crippen LogP contribution in [-0.4, -0.2) is 17.5 Å². The Bertz CT molecular complexity index is 873. The topological polar surface area (TPSA) is 77.2 Å². The molecule has 0 radical (unpaired) electrons. The zero-order valence-electron chi connectivity index (χ0n) is 12.9. The summed E-state index contributed by atoms with van der Waals surface area (Å²) in [6.07, 6.45) is 0. The van der Waals surface area contributed by atoms with Gasteiger partial charge in [0.25, 0.3) is 0 Å². The van der Waals surface area contributed by atoms with E-state index in [-0.39, 0.29) is 0 Å². The van der Waals surface area contributed by atoms with E-state index in [9.17, 15) is 4.79 Å². The number of fused-ring (bicyclic) bond motifs is 1. The normalized spacial score (nSPS) is 10.7. The van der Waals surface area contributed by atoms with Gasteiger partial charge >= 0.3 is 0 Å². The summed E-state index contributed by atoms with van der Waals surface area (Å²) in [5.41, 5.74) is 8.56.